The molecule has 0 rings (SSSR count). The van der Waals surface area contributed by atoms with E-state index in [-0.39, 0.29) is 24.9 Å². The van der Waals surface area contributed by atoms with E-state index >= 15 is 0 Å². The van der Waals surface area contributed by atoms with Crippen molar-refractivity contribution in [2.75, 3.05) is 6.61 Å². The first-order valence-electron chi connectivity index (χ1n) is 25.5. The Morgan fingerprint density at radius 2 is 0.867 bits per heavy atom. The first kappa shape index (κ1) is 57.6. The van der Waals surface area contributed by atoms with Crippen molar-refractivity contribution in [2.45, 2.75) is 264 Å². The Hall–Kier alpha value is -2.44. The highest BCUT2D eigenvalue weighted by Gasteiger charge is 2.23. The number of ether oxygens (including phenoxy) is 1. The van der Waals surface area contributed by atoms with Crippen LogP contribution in [0.15, 0.2) is 60.8 Å². The van der Waals surface area contributed by atoms with Gasteiger partial charge in [-0.2, -0.15) is 0 Å². The second kappa shape index (κ2) is 47.6. The maximum atomic E-state index is 13.2. The summed E-state index contributed by atoms with van der Waals surface area (Å²) in [6, 6.07) is -0.731. The summed E-state index contributed by atoms with van der Waals surface area (Å²) in [6.45, 7) is 6.33. The Labute approximate surface area is 371 Å². The smallest absolute Gasteiger partial charge is 0.306 e. The van der Waals surface area contributed by atoms with Crippen LogP contribution in [0.5, 0.6) is 0 Å². The quantitative estimate of drug-likeness (QED) is 0.0322. The number of hydrogen-bond acceptors (Lipinski definition) is 5. The Morgan fingerprint density at radius 1 is 0.500 bits per heavy atom. The van der Waals surface area contributed by atoms with E-state index in [9.17, 15) is 19.8 Å². The van der Waals surface area contributed by atoms with Gasteiger partial charge < -0.3 is 20.3 Å². The molecule has 3 N–H and O–H groups in total. The fourth-order valence-corrected chi connectivity index (χ4v) is 7.51. The molecule has 3 unspecified atom stereocenters. The van der Waals surface area contributed by atoms with Crippen LogP contribution in [0.2, 0.25) is 0 Å². The third-order valence-corrected chi connectivity index (χ3v) is 11.4. The lowest BCUT2D eigenvalue weighted by molar-refractivity contribution is -0.150. The lowest BCUT2D eigenvalue weighted by Gasteiger charge is -2.24. The van der Waals surface area contributed by atoms with Crippen LogP contribution in [0.4, 0.5) is 0 Å². The predicted octanol–water partition coefficient (Wildman–Crippen LogP) is 15.2. The van der Waals surface area contributed by atoms with Crippen LogP contribution < -0.4 is 5.32 Å². The summed E-state index contributed by atoms with van der Waals surface area (Å²) in [5.74, 6) is -0.578. The second-order valence-corrected chi connectivity index (χ2v) is 17.2. The number of aliphatic hydroxyl groups is 2. The SMILES string of the molecule is CC/C=C\C/C=C\C/C=C\C/C=C\C/C=C\CC(CC(=O)NC(CO)C(O)CCCCCCCCCCCCCCCCCC)OC(=O)CCCCCCCCCCCC. The number of aliphatic hydroxyl groups excluding tert-OH is 2. The van der Waals surface area contributed by atoms with E-state index in [1.807, 2.05) is 12.2 Å². The fraction of sp³-hybridized carbons (Fsp3) is 0.778. The minimum Gasteiger partial charge on any atom is -0.461 e. The van der Waals surface area contributed by atoms with Crippen LogP contribution in [0, 0.1) is 0 Å². The van der Waals surface area contributed by atoms with Gasteiger partial charge in [0.15, 0.2) is 0 Å². The van der Waals surface area contributed by atoms with Gasteiger partial charge in [-0.1, -0.05) is 242 Å². The van der Waals surface area contributed by atoms with Gasteiger partial charge in [-0.3, -0.25) is 9.59 Å². The van der Waals surface area contributed by atoms with Gasteiger partial charge >= 0.3 is 5.97 Å². The largest absolute Gasteiger partial charge is 0.461 e. The average Bonchev–Trinajstić information content (AvgIpc) is 3.24. The van der Waals surface area contributed by atoms with Crippen LogP contribution in [0.25, 0.3) is 0 Å². The maximum Gasteiger partial charge on any atom is 0.306 e. The molecule has 60 heavy (non-hydrogen) atoms. The van der Waals surface area contributed by atoms with E-state index in [1.54, 1.807) is 0 Å². The molecule has 0 saturated heterocycles. The lowest BCUT2D eigenvalue weighted by atomic mass is 10.0. The zero-order chi connectivity index (χ0) is 43.8. The van der Waals surface area contributed by atoms with Gasteiger partial charge in [0.05, 0.1) is 25.2 Å². The molecule has 0 aliphatic carbocycles. The van der Waals surface area contributed by atoms with E-state index < -0.39 is 18.2 Å². The molecule has 0 radical (unpaired) electrons. The zero-order valence-electron chi connectivity index (χ0n) is 39.6. The van der Waals surface area contributed by atoms with E-state index in [1.165, 1.54) is 128 Å². The Kier molecular flexibility index (Phi) is 45.7. The molecule has 0 spiro atoms. The van der Waals surface area contributed by atoms with Crippen LogP contribution in [-0.4, -0.2) is 46.9 Å². The number of unbranched alkanes of at least 4 members (excludes halogenated alkanes) is 24. The molecule has 3 atom stereocenters. The summed E-state index contributed by atoms with van der Waals surface area (Å²) in [5.41, 5.74) is 0. The monoisotopic (exact) mass is 840 g/mol. The van der Waals surface area contributed by atoms with Crippen LogP contribution in [0.3, 0.4) is 0 Å². The van der Waals surface area contributed by atoms with Gasteiger partial charge in [-0.25, -0.2) is 0 Å². The van der Waals surface area contributed by atoms with Crippen LogP contribution in [-0.2, 0) is 14.3 Å². The van der Waals surface area contributed by atoms with Crippen molar-refractivity contribution in [3.05, 3.63) is 60.8 Å². The molecule has 0 bridgehead atoms. The van der Waals surface area contributed by atoms with Crippen molar-refractivity contribution in [1.29, 1.82) is 0 Å². The molecule has 1 amide bonds. The van der Waals surface area contributed by atoms with Crippen molar-refractivity contribution < 1.29 is 24.5 Å². The lowest BCUT2D eigenvalue weighted by Crippen LogP contribution is -2.46. The number of amides is 1. The molecule has 0 aliphatic rings. The minimum absolute atomic E-state index is 0.000347. The van der Waals surface area contributed by atoms with E-state index in [4.69, 9.17) is 4.74 Å². The van der Waals surface area contributed by atoms with E-state index in [0.717, 1.165) is 70.6 Å². The number of nitrogens with one attached hydrogen (secondary N) is 1. The molecular formula is C54H97NO5. The van der Waals surface area contributed by atoms with Gasteiger partial charge in [0.25, 0.3) is 0 Å². The number of esters is 1. The number of hydrogen-bond donors (Lipinski definition) is 3. The number of carbonyl (C=O) groups excluding carboxylic acids is 2. The molecule has 0 saturated carbocycles. The van der Waals surface area contributed by atoms with Crippen molar-refractivity contribution in [3.8, 4) is 0 Å². The normalized spacial score (nSPS) is 13.8. The van der Waals surface area contributed by atoms with Gasteiger partial charge in [-0.05, 0) is 44.9 Å². The van der Waals surface area contributed by atoms with Crippen molar-refractivity contribution >= 4 is 11.9 Å². The Morgan fingerprint density at radius 3 is 1.27 bits per heavy atom. The zero-order valence-corrected chi connectivity index (χ0v) is 39.6. The average molecular weight is 840 g/mol. The van der Waals surface area contributed by atoms with Crippen LogP contribution in [0.1, 0.15) is 245 Å². The number of allylic oxidation sites excluding steroid dienone is 9. The van der Waals surface area contributed by atoms with Crippen molar-refractivity contribution in [1.82, 2.24) is 5.32 Å². The topological polar surface area (TPSA) is 95.9 Å². The molecule has 0 aromatic carbocycles. The minimum atomic E-state index is -0.811. The molecule has 0 aromatic rings. The first-order valence-corrected chi connectivity index (χ1v) is 25.5. The molecule has 0 fully saturated rings. The highest BCUT2D eigenvalue weighted by molar-refractivity contribution is 5.77. The second-order valence-electron chi connectivity index (χ2n) is 17.2. The third-order valence-electron chi connectivity index (χ3n) is 11.4. The predicted molar refractivity (Wildman–Crippen MR) is 259 cm³/mol. The molecule has 0 heterocycles. The van der Waals surface area contributed by atoms with Gasteiger partial charge in [0, 0.05) is 12.8 Å². The summed E-state index contributed by atoms with van der Waals surface area (Å²) in [5, 5.41) is 23.7. The van der Waals surface area contributed by atoms with Crippen molar-refractivity contribution in [3.63, 3.8) is 0 Å². The summed E-state index contributed by atoms with van der Waals surface area (Å²) in [4.78, 5) is 26.0. The molecule has 6 heteroatoms. The summed E-state index contributed by atoms with van der Waals surface area (Å²) < 4.78 is 5.85. The molecular weight excluding hydrogens is 743 g/mol. The highest BCUT2D eigenvalue weighted by Crippen LogP contribution is 2.17. The van der Waals surface area contributed by atoms with Gasteiger partial charge in [0.1, 0.15) is 6.10 Å². The molecule has 0 aliphatic heterocycles. The third kappa shape index (κ3) is 42.3. The Balaban J connectivity index is 4.64. The Bertz CT molecular complexity index is 1080. The van der Waals surface area contributed by atoms with E-state index in [0.29, 0.717) is 19.3 Å². The summed E-state index contributed by atoms with van der Waals surface area (Å²) in [6.07, 6.45) is 58.7. The fourth-order valence-electron chi connectivity index (χ4n) is 7.51. The van der Waals surface area contributed by atoms with Crippen molar-refractivity contribution in [2.24, 2.45) is 0 Å². The molecule has 348 valence electrons. The van der Waals surface area contributed by atoms with Gasteiger partial charge in [0.2, 0.25) is 5.91 Å². The highest BCUT2D eigenvalue weighted by atomic mass is 16.5. The van der Waals surface area contributed by atoms with E-state index in [2.05, 4.69) is 74.7 Å². The van der Waals surface area contributed by atoms with Crippen LogP contribution >= 0.6 is 0 Å². The molecule has 0 aromatic heterocycles. The molecule has 6 nitrogen and oxygen atoms in total. The first-order chi connectivity index (χ1) is 29.5. The number of carbonyl (C=O) groups is 2. The van der Waals surface area contributed by atoms with Gasteiger partial charge in [-0.15, -0.1) is 0 Å². The standard InChI is InChI=1S/C54H97NO5/c1-4-7-10-13-16-19-22-24-26-28-30-32-34-37-40-43-46-52(57)51(49-56)55-53(58)48-50(60-54(59)47-44-41-38-35-21-18-15-12-9-6-3)45-42-39-36-33-31-29-27-25-23-20-17-14-11-8-5-2/h8,11,17,20,25,27,31,33,39,42,50-52,56-57H,4-7,9-10,12-16,18-19,21-24,26,28-30,32,34-38,40-41,43-49H2,1-3H3,(H,55,58)/b11-8-,20-17-,27-25-,33-31-,42-39-. The summed E-state index contributed by atoms with van der Waals surface area (Å²) in [7, 11) is 0. The number of rotatable bonds is 45. The summed E-state index contributed by atoms with van der Waals surface area (Å²) >= 11 is 0. The maximum absolute atomic E-state index is 13.2.